The van der Waals surface area contributed by atoms with Crippen LogP contribution in [0.1, 0.15) is 19.4 Å². The first-order valence-electron chi connectivity index (χ1n) is 7.59. The minimum absolute atomic E-state index is 0.681. The molecule has 2 nitrogen and oxygen atoms in total. The van der Waals surface area contributed by atoms with Crippen LogP contribution in [0.2, 0.25) is 0 Å². The van der Waals surface area contributed by atoms with E-state index in [0.717, 1.165) is 13.2 Å². The zero-order valence-electron chi connectivity index (χ0n) is 12.8. The summed E-state index contributed by atoms with van der Waals surface area (Å²) < 4.78 is 7.96. The smallest absolute Gasteiger partial charge is 0.0717 e. The van der Waals surface area contributed by atoms with E-state index in [4.69, 9.17) is 4.74 Å². The Morgan fingerprint density at radius 2 is 1.57 bits per heavy atom. The molecule has 21 heavy (non-hydrogen) atoms. The molecule has 0 N–H and O–H groups in total. The maximum absolute atomic E-state index is 5.72. The average molecular weight is 281 g/mol. The number of aromatic nitrogens is 1. The van der Waals surface area contributed by atoms with Crippen molar-refractivity contribution in [1.29, 1.82) is 0 Å². The summed E-state index contributed by atoms with van der Waals surface area (Å²) in [5.74, 6) is 0. The highest BCUT2D eigenvalue weighted by Crippen LogP contribution is 2.14. The first kappa shape index (κ1) is 15.3. The van der Waals surface area contributed by atoms with E-state index in [1.54, 1.807) is 0 Å². The van der Waals surface area contributed by atoms with Gasteiger partial charge in [-0.1, -0.05) is 62.4 Å². The molecule has 0 saturated carbocycles. The maximum atomic E-state index is 5.72. The third kappa shape index (κ3) is 4.20. The molecular weight excluding hydrogens is 258 g/mol. The van der Waals surface area contributed by atoms with Crippen molar-refractivity contribution in [2.45, 2.75) is 27.0 Å². The molecule has 1 heterocycles. The molecule has 3 aromatic rings. The van der Waals surface area contributed by atoms with Gasteiger partial charge in [0.25, 0.3) is 0 Å². The highest BCUT2D eigenvalue weighted by Gasteiger charge is 1.99. The van der Waals surface area contributed by atoms with Gasteiger partial charge in [0.05, 0.1) is 13.2 Å². The summed E-state index contributed by atoms with van der Waals surface area (Å²) in [5, 5.41) is 1.28. The summed E-state index contributed by atoms with van der Waals surface area (Å²) in [6.07, 6.45) is 2.12. The van der Waals surface area contributed by atoms with Crippen molar-refractivity contribution in [3.8, 4) is 0 Å². The summed E-state index contributed by atoms with van der Waals surface area (Å²) in [6, 6.07) is 20.8. The molecule has 0 radical (unpaired) electrons. The Hall–Kier alpha value is -2.06. The molecule has 0 aliphatic carbocycles. The van der Waals surface area contributed by atoms with Crippen LogP contribution in [-0.2, 0) is 17.9 Å². The fourth-order valence-corrected chi connectivity index (χ4v) is 2.26. The molecular formula is C19H23NO. The number of hydrogen-bond acceptors (Lipinski definition) is 1. The van der Waals surface area contributed by atoms with Crippen LogP contribution in [0, 0.1) is 0 Å². The summed E-state index contributed by atoms with van der Waals surface area (Å²) in [7, 11) is 0. The largest absolute Gasteiger partial charge is 0.375 e. The van der Waals surface area contributed by atoms with Gasteiger partial charge in [0.15, 0.2) is 0 Å². The zero-order valence-corrected chi connectivity index (χ0v) is 12.8. The molecule has 0 saturated heterocycles. The van der Waals surface area contributed by atoms with Crippen LogP contribution >= 0.6 is 0 Å². The Morgan fingerprint density at radius 3 is 2.38 bits per heavy atom. The molecule has 0 bridgehead atoms. The monoisotopic (exact) mass is 281 g/mol. The zero-order chi connectivity index (χ0) is 14.9. The molecule has 1 aromatic heterocycles. The Labute approximate surface area is 127 Å². The van der Waals surface area contributed by atoms with Crippen LogP contribution in [0.15, 0.2) is 66.9 Å². The number of hydrogen-bond donors (Lipinski definition) is 0. The highest BCUT2D eigenvalue weighted by atomic mass is 16.5. The molecule has 0 aliphatic heterocycles. The van der Waals surface area contributed by atoms with E-state index in [2.05, 4.69) is 53.2 Å². The van der Waals surface area contributed by atoms with E-state index in [-0.39, 0.29) is 0 Å². The second-order valence-corrected chi connectivity index (χ2v) is 4.61. The Morgan fingerprint density at radius 1 is 0.857 bits per heavy atom. The van der Waals surface area contributed by atoms with Crippen molar-refractivity contribution in [3.05, 3.63) is 72.4 Å². The van der Waals surface area contributed by atoms with Crippen LogP contribution in [-0.4, -0.2) is 11.2 Å². The highest BCUT2D eigenvalue weighted by molar-refractivity contribution is 5.79. The van der Waals surface area contributed by atoms with Gasteiger partial charge in [-0.2, -0.15) is 0 Å². The topological polar surface area (TPSA) is 14.2 Å². The van der Waals surface area contributed by atoms with Crippen molar-refractivity contribution in [2.75, 3.05) is 6.61 Å². The van der Waals surface area contributed by atoms with E-state index in [0.29, 0.717) is 6.61 Å². The third-order valence-electron chi connectivity index (χ3n) is 3.27. The number of ether oxygens (including phenoxy) is 1. The summed E-state index contributed by atoms with van der Waals surface area (Å²) in [6.45, 7) is 6.30. The summed E-state index contributed by atoms with van der Waals surface area (Å²) >= 11 is 0. The number of fused-ring (bicyclic) bond motifs is 1. The lowest BCUT2D eigenvalue weighted by atomic mass is 10.2. The quantitative estimate of drug-likeness (QED) is 0.608. The fourth-order valence-electron chi connectivity index (χ4n) is 2.26. The predicted molar refractivity (Wildman–Crippen MR) is 89.4 cm³/mol. The van der Waals surface area contributed by atoms with Gasteiger partial charge in [-0.3, -0.25) is 0 Å². The van der Waals surface area contributed by atoms with E-state index in [9.17, 15) is 0 Å². The van der Waals surface area contributed by atoms with Crippen LogP contribution in [0.4, 0.5) is 0 Å². The van der Waals surface area contributed by atoms with Gasteiger partial charge < -0.3 is 9.30 Å². The van der Waals surface area contributed by atoms with Crippen LogP contribution in [0.25, 0.3) is 10.9 Å². The molecule has 0 fully saturated rings. The van der Waals surface area contributed by atoms with E-state index < -0.39 is 0 Å². The Balaban J connectivity index is 0.000000774. The number of rotatable bonds is 5. The lowest BCUT2D eigenvalue weighted by molar-refractivity contribution is 0.114. The van der Waals surface area contributed by atoms with Gasteiger partial charge >= 0.3 is 0 Å². The minimum atomic E-state index is 0.681. The first-order valence-corrected chi connectivity index (χ1v) is 7.59. The average Bonchev–Trinajstić information content (AvgIpc) is 2.98. The second-order valence-electron chi connectivity index (χ2n) is 4.61. The molecule has 0 aliphatic rings. The van der Waals surface area contributed by atoms with Gasteiger partial charge in [0, 0.05) is 18.3 Å². The molecule has 0 unspecified atom stereocenters. The molecule has 2 heteroatoms. The van der Waals surface area contributed by atoms with Gasteiger partial charge in [0.2, 0.25) is 0 Å². The normalized spacial score (nSPS) is 10.2. The molecule has 0 amide bonds. The summed E-state index contributed by atoms with van der Waals surface area (Å²) in [5.41, 5.74) is 2.49. The van der Waals surface area contributed by atoms with Crippen LogP contribution in [0.3, 0.4) is 0 Å². The van der Waals surface area contributed by atoms with Crippen molar-refractivity contribution in [1.82, 2.24) is 4.57 Å². The van der Waals surface area contributed by atoms with E-state index >= 15 is 0 Å². The van der Waals surface area contributed by atoms with Crippen LogP contribution < -0.4 is 0 Å². The van der Waals surface area contributed by atoms with Crippen molar-refractivity contribution in [3.63, 3.8) is 0 Å². The fraction of sp³-hybridized carbons (Fsp3) is 0.263. The maximum Gasteiger partial charge on any atom is 0.0717 e. The first-order chi connectivity index (χ1) is 10.4. The van der Waals surface area contributed by atoms with Crippen molar-refractivity contribution >= 4 is 10.9 Å². The second kappa shape index (κ2) is 8.28. The molecule has 0 atom stereocenters. The predicted octanol–water partition coefficient (Wildman–Crippen LogP) is 4.88. The van der Waals surface area contributed by atoms with Gasteiger partial charge in [0.1, 0.15) is 0 Å². The van der Waals surface area contributed by atoms with Crippen molar-refractivity contribution < 1.29 is 4.74 Å². The Kier molecular flexibility index (Phi) is 6.04. The standard InChI is InChI=1S/C17H17NO.C2H6/c1-2-6-15(7-3-1)14-19-13-12-18-11-10-16-8-4-5-9-17(16)18;1-2/h1-11H,12-14H2;1-2H3. The number of para-hydroxylation sites is 1. The van der Waals surface area contributed by atoms with E-state index in [1.165, 1.54) is 16.5 Å². The summed E-state index contributed by atoms with van der Waals surface area (Å²) in [4.78, 5) is 0. The molecule has 0 spiro atoms. The number of nitrogens with zero attached hydrogens (tertiary/aromatic N) is 1. The van der Waals surface area contributed by atoms with Crippen LogP contribution in [0.5, 0.6) is 0 Å². The lowest BCUT2D eigenvalue weighted by Gasteiger charge is -2.07. The van der Waals surface area contributed by atoms with Gasteiger partial charge in [-0.05, 0) is 23.1 Å². The lowest BCUT2D eigenvalue weighted by Crippen LogP contribution is -2.04. The third-order valence-corrected chi connectivity index (χ3v) is 3.27. The SMILES string of the molecule is CC.c1ccc(COCCn2ccc3ccccc32)cc1. The van der Waals surface area contributed by atoms with Gasteiger partial charge in [-0.25, -0.2) is 0 Å². The Bertz CT molecular complexity index is 643. The van der Waals surface area contributed by atoms with E-state index in [1.807, 2.05) is 32.0 Å². The molecule has 110 valence electrons. The molecule has 2 aromatic carbocycles. The van der Waals surface area contributed by atoms with Crippen molar-refractivity contribution in [2.24, 2.45) is 0 Å². The minimum Gasteiger partial charge on any atom is -0.375 e. The number of benzene rings is 2. The molecule has 3 rings (SSSR count). The van der Waals surface area contributed by atoms with Gasteiger partial charge in [-0.15, -0.1) is 0 Å².